The van der Waals surface area contributed by atoms with E-state index in [9.17, 15) is 30.0 Å². The maximum Gasteiger partial charge on any atom is 0.228 e. The molecule has 4 atom stereocenters. The van der Waals surface area contributed by atoms with E-state index in [1.165, 1.54) is 25.1 Å². The molecular formula is C15H16O7. The number of benzene rings is 1. The molecule has 4 N–H and O–H groups in total. The zero-order valence-corrected chi connectivity index (χ0v) is 11.8. The lowest BCUT2D eigenvalue weighted by Crippen LogP contribution is -2.78. The summed E-state index contributed by atoms with van der Waals surface area (Å²) < 4.78 is 5.49. The van der Waals surface area contributed by atoms with Crippen LogP contribution in [0, 0.1) is 5.92 Å². The molecule has 2 aliphatic rings. The Labute approximate surface area is 125 Å². The van der Waals surface area contributed by atoms with Gasteiger partial charge in [0.05, 0.1) is 12.7 Å². The summed E-state index contributed by atoms with van der Waals surface area (Å²) in [5.74, 6) is -2.94. The van der Waals surface area contributed by atoms with Gasteiger partial charge in [-0.15, -0.1) is 0 Å². The van der Waals surface area contributed by atoms with Crippen LogP contribution in [0.5, 0.6) is 11.5 Å². The topological polar surface area (TPSA) is 124 Å². The number of phenolic OH excluding ortho intramolecular Hbond substituents is 1. The summed E-state index contributed by atoms with van der Waals surface area (Å²) in [6, 6.07) is 3.99. The number of ketones is 2. The third kappa shape index (κ3) is 1.50. The summed E-state index contributed by atoms with van der Waals surface area (Å²) in [5, 5.41) is 40.6. The van der Waals surface area contributed by atoms with Crippen molar-refractivity contribution in [3.8, 4) is 11.5 Å². The number of ether oxygens (including phenoxy) is 1. The molecule has 7 heteroatoms. The van der Waals surface area contributed by atoms with Gasteiger partial charge in [0, 0.05) is 5.92 Å². The number of aliphatic hydroxyl groups excluding tert-OH is 2. The van der Waals surface area contributed by atoms with Gasteiger partial charge in [-0.05, 0) is 18.6 Å². The number of carbonyl (C=O) groups excluding carboxylic acids is 2. The summed E-state index contributed by atoms with van der Waals surface area (Å²) in [4.78, 5) is 25.2. The molecule has 3 rings (SSSR count). The average Bonchev–Trinajstić information content (AvgIpc) is 2.48. The Bertz CT molecular complexity index is 670. The number of Topliss-reactive ketones (excluding diaryl/α,β-unsaturated/α-hetero) is 2. The van der Waals surface area contributed by atoms with Crippen LogP contribution in [-0.2, 0) is 4.79 Å². The highest BCUT2D eigenvalue weighted by Crippen LogP contribution is 2.49. The van der Waals surface area contributed by atoms with Gasteiger partial charge in [0.1, 0.15) is 17.1 Å². The Morgan fingerprint density at radius 1 is 1.36 bits per heavy atom. The minimum atomic E-state index is -2.64. The van der Waals surface area contributed by atoms with Crippen molar-refractivity contribution in [3.63, 3.8) is 0 Å². The van der Waals surface area contributed by atoms with Gasteiger partial charge < -0.3 is 25.2 Å². The van der Waals surface area contributed by atoms with Gasteiger partial charge in [-0.3, -0.25) is 9.59 Å². The lowest BCUT2D eigenvalue weighted by molar-refractivity contribution is -0.207. The summed E-state index contributed by atoms with van der Waals surface area (Å²) >= 11 is 0. The van der Waals surface area contributed by atoms with Crippen molar-refractivity contribution in [2.24, 2.45) is 5.92 Å². The molecule has 1 aromatic rings. The van der Waals surface area contributed by atoms with Crippen molar-refractivity contribution in [1.82, 2.24) is 0 Å². The Morgan fingerprint density at radius 3 is 2.68 bits per heavy atom. The van der Waals surface area contributed by atoms with Crippen LogP contribution in [-0.4, -0.2) is 55.9 Å². The second kappa shape index (κ2) is 4.52. The zero-order chi connectivity index (χ0) is 16.3. The number of aliphatic hydroxyl groups is 3. The Kier molecular flexibility index (Phi) is 3.07. The van der Waals surface area contributed by atoms with E-state index in [-0.39, 0.29) is 17.7 Å². The molecule has 0 spiro atoms. The summed E-state index contributed by atoms with van der Waals surface area (Å²) in [6.07, 6.45) is -1.75. The van der Waals surface area contributed by atoms with Crippen LogP contribution in [0.3, 0.4) is 0 Å². The van der Waals surface area contributed by atoms with Crippen molar-refractivity contribution in [2.75, 3.05) is 6.61 Å². The molecule has 22 heavy (non-hydrogen) atoms. The highest BCUT2D eigenvalue weighted by Gasteiger charge is 2.71. The highest BCUT2D eigenvalue weighted by atomic mass is 16.5. The number of hydrogen-bond donors (Lipinski definition) is 4. The molecule has 7 nitrogen and oxygen atoms in total. The van der Waals surface area contributed by atoms with E-state index in [0.717, 1.165) is 0 Å². The van der Waals surface area contributed by atoms with Gasteiger partial charge in [-0.2, -0.15) is 0 Å². The highest BCUT2D eigenvalue weighted by molar-refractivity contribution is 6.14. The van der Waals surface area contributed by atoms with Crippen molar-refractivity contribution in [1.29, 1.82) is 0 Å². The fourth-order valence-corrected chi connectivity index (χ4v) is 3.37. The maximum absolute atomic E-state index is 12.7. The molecule has 1 fully saturated rings. The molecule has 0 radical (unpaired) electrons. The van der Waals surface area contributed by atoms with E-state index in [1.807, 2.05) is 0 Å². The fourth-order valence-electron chi connectivity index (χ4n) is 3.37. The molecule has 1 aromatic carbocycles. The molecule has 0 bridgehead atoms. The molecule has 0 saturated heterocycles. The van der Waals surface area contributed by atoms with Gasteiger partial charge in [-0.25, -0.2) is 0 Å². The first-order valence-corrected chi connectivity index (χ1v) is 6.91. The predicted octanol–water partition coefficient (Wildman–Crippen LogP) is -0.601. The molecule has 1 aliphatic heterocycles. The molecular weight excluding hydrogens is 292 g/mol. The second-order valence-electron chi connectivity index (χ2n) is 5.85. The Morgan fingerprint density at radius 2 is 2.05 bits per heavy atom. The number of hydrogen-bond acceptors (Lipinski definition) is 7. The van der Waals surface area contributed by atoms with E-state index in [4.69, 9.17) is 4.74 Å². The largest absolute Gasteiger partial charge is 0.507 e. The molecule has 0 aromatic heterocycles. The lowest BCUT2D eigenvalue weighted by Gasteiger charge is -2.52. The fraction of sp³-hybridized carbons (Fsp3) is 0.467. The second-order valence-corrected chi connectivity index (χ2v) is 5.85. The smallest absolute Gasteiger partial charge is 0.228 e. The summed E-state index contributed by atoms with van der Waals surface area (Å²) in [5.41, 5.74) is -5.23. The summed E-state index contributed by atoms with van der Waals surface area (Å²) in [6.45, 7) is 0.554. The van der Waals surface area contributed by atoms with Crippen molar-refractivity contribution < 1.29 is 34.8 Å². The van der Waals surface area contributed by atoms with Gasteiger partial charge in [0.15, 0.2) is 5.78 Å². The normalized spacial score (nSPS) is 37.3. The monoisotopic (exact) mass is 308 g/mol. The first-order chi connectivity index (χ1) is 10.3. The van der Waals surface area contributed by atoms with E-state index in [0.29, 0.717) is 0 Å². The molecule has 1 saturated carbocycles. The van der Waals surface area contributed by atoms with Crippen LogP contribution in [0.1, 0.15) is 23.7 Å². The average molecular weight is 308 g/mol. The quantitative estimate of drug-likeness (QED) is 0.546. The maximum atomic E-state index is 12.7. The molecule has 1 heterocycles. The van der Waals surface area contributed by atoms with E-state index < -0.39 is 47.1 Å². The van der Waals surface area contributed by atoms with E-state index in [1.54, 1.807) is 0 Å². The third-order valence-corrected chi connectivity index (χ3v) is 4.60. The number of rotatable bonds is 1. The number of phenols is 1. The van der Waals surface area contributed by atoms with E-state index >= 15 is 0 Å². The molecule has 1 aliphatic carbocycles. The van der Waals surface area contributed by atoms with Crippen LogP contribution in [0.2, 0.25) is 0 Å². The Hall–Kier alpha value is -1.96. The first kappa shape index (κ1) is 15.0. The van der Waals surface area contributed by atoms with Crippen molar-refractivity contribution >= 4 is 11.6 Å². The minimum Gasteiger partial charge on any atom is -0.507 e. The zero-order valence-electron chi connectivity index (χ0n) is 11.8. The SMILES string of the molecule is C[C@H]1C[C@H](O)[C@]2(O)C(=O)c3c(O)cccc3O[C@@]2(CO)C1=O. The van der Waals surface area contributed by atoms with Crippen LogP contribution < -0.4 is 4.74 Å². The van der Waals surface area contributed by atoms with Gasteiger partial charge >= 0.3 is 0 Å². The molecule has 118 valence electrons. The van der Waals surface area contributed by atoms with Crippen molar-refractivity contribution in [2.45, 2.75) is 30.7 Å². The molecule has 0 unspecified atom stereocenters. The van der Waals surface area contributed by atoms with Crippen LogP contribution in [0.4, 0.5) is 0 Å². The van der Waals surface area contributed by atoms with Crippen molar-refractivity contribution in [3.05, 3.63) is 23.8 Å². The van der Waals surface area contributed by atoms with Crippen LogP contribution >= 0.6 is 0 Å². The predicted molar refractivity (Wildman–Crippen MR) is 72.6 cm³/mol. The lowest BCUT2D eigenvalue weighted by atomic mass is 9.61. The molecule has 0 amide bonds. The third-order valence-electron chi connectivity index (χ3n) is 4.60. The minimum absolute atomic E-state index is 0.113. The summed E-state index contributed by atoms with van der Waals surface area (Å²) in [7, 11) is 0. The van der Waals surface area contributed by atoms with Crippen LogP contribution in [0.15, 0.2) is 18.2 Å². The standard InChI is InChI=1S/C15H16O7/c1-7-5-10(18)15(21)13(20)11-8(17)3-2-4-9(11)22-14(15,6-16)12(7)19/h2-4,7,10,16-18,21H,5-6H2,1H3/t7-,10-,14-,15-/m0/s1. The van der Waals surface area contributed by atoms with Gasteiger partial charge in [0.25, 0.3) is 0 Å². The number of carbonyl (C=O) groups is 2. The van der Waals surface area contributed by atoms with E-state index in [2.05, 4.69) is 0 Å². The first-order valence-electron chi connectivity index (χ1n) is 6.91. The van der Waals surface area contributed by atoms with Gasteiger partial charge in [0.2, 0.25) is 17.0 Å². The number of fused-ring (bicyclic) bond motifs is 2. The number of aromatic hydroxyl groups is 1. The van der Waals surface area contributed by atoms with Crippen LogP contribution in [0.25, 0.3) is 0 Å². The Balaban J connectivity index is 2.31. The van der Waals surface area contributed by atoms with Gasteiger partial charge in [-0.1, -0.05) is 13.0 Å².